The second kappa shape index (κ2) is 15.6. The number of anilines is 5. The zero-order valence-electron chi connectivity index (χ0n) is 38.8. The van der Waals surface area contributed by atoms with Gasteiger partial charge in [0.1, 0.15) is 0 Å². The largest absolute Gasteiger partial charge is 0.313 e. The van der Waals surface area contributed by atoms with Crippen LogP contribution < -0.4 is 9.80 Å². The SMILES string of the molecule is C1=CCC2C(=C1)N(c1ccc3c(c1)c1cc(N(c4ccccc4)c4ccc5c(c4)c4cc(-n6c7ccccc7c7ccccc76)ccc4n5-c4ccccc4)ccc1n3-c1ccccc1)c1ccccc12. The van der Waals surface area contributed by atoms with Crippen LogP contribution in [0.4, 0.5) is 28.4 Å². The Hall–Kier alpha value is -9.32. The molecule has 0 saturated carbocycles. The van der Waals surface area contributed by atoms with Gasteiger partial charge in [-0.15, -0.1) is 0 Å². The number of hydrogen-bond acceptors (Lipinski definition) is 2. The summed E-state index contributed by atoms with van der Waals surface area (Å²) in [5, 5.41) is 7.30. The number of hydrogen-bond donors (Lipinski definition) is 0. The number of nitrogens with zero attached hydrogens (tertiary/aromatic N) is 5. The first kappa shape index (κ1) is 39.7. The first-order valence-corrected chi connectivity index (χ1v) is 24.6. The Morgan fingerprint density at radius 1 is 0.338 bits per heavy atom. The lowest BCUT2D eigenvalue weighted by atomic mass is 9.92. The van der Waals surface area contributed by atoms with Crippen LogP contribution in [0.1, 0.15) is 17.9 Å². The van der Waals surface area contributed by atoms with Crippen LogP contribution in [-0.2, 0) is 0 Å². The van der Waals surface area contributed by atoms with Gasteiger partial charge in [0.2, 0.25) is 0 Å². The molecule has 10 aromatic carbocycles. The molecular weight excluding hydrogens is 863 g/mol. The third-order valence-corrected chi connectivity index (χ3v) is 15.1. The summed E-state index contributed by atoms with van der Waals surface area (Å²) < 4.78 is 7.26. The summed E-state index contributed by atoms with van der Waals surface area (Å²) in [6.07, 6.45) is 7.83. The van der Waals surface area contributed by atoms with Gasteiger partial charge in [-0.25, -0.2) is 0 Å². The minimum atomic E-state index is 0.350. The summed E-state index contributed by atoms with van der Waals surface area (Å²) in [5.41, 5.74) is 18.9. The average Bonchev–Trinajstić information content (AvgIpc) is 4.16. The standard InChI is InChI=1S/C66H45N5/c1-4-18-44(19-5-1)67(47-32-36-63-55(40-47)57-42-49(34-38-65(57)68(63)45-20-6-2-7-21-45)70-59-28-14-10-24-51(59)52-25-11-15-29-60(52)70)48-33-37-64-56(41-48)58-43-50(35-39-66(58)69(64)46-22-8-3-9-23-46)71-61-30-16-12-26-53(61)54-27-13-17-31-62(54)71/h1-26,28-43,54H,27H2. The second-order valence-electron chi connectivity index (χ2n) is 18.9. The smallest absolute Gasteiger partial charge is 0.0542 e. The molecule has 71 heavy (non-hydrogen) atoms. The summed E-state index contributed by atoms with van der Waals surface area (Å²) in [5.74, 6) is 0.350. The zero-order chi connectivity index (χ0) is 46.6. The maximum atomic E-state index is 2.49. The Balaban J connectivity index is 0.954. The molecule has 0 radical (unpaired) electrons. The van der Waals surface area contributed by atoms with Crippen molar-refractivity contribution in [2.45, 2.75) is 12.3 Å². The van der Waals surface area contributed by atoms with E-state index in [1.54, 1.807) is 0 Å². The number of para-hydroxylation sites is 6. The van der Waals surface area contributed by atoms with Crippen LogP contribution >= 0.6 is 0 Å². The molecule has 0 bridgehead atoms. The first-order valence-electron chi connectivity index (χ1n) is 24.6. The lowest BCUT2D eigenvalue weighted by Crippen LogP contribution is -2.14. The zero-order valence-corrected chi connectivity index (χ0v) is 38.8. The van der Waals surface area contributed by atoms with Crippen LogP contribution in [-0.4, -0.2) is 13.7 Å². The maximum absolute atomic E-state index is 2.49. The van der Waals surface area contributed by atoms with Gasteiger partial charge in [0.05, 0.1) is 33.1 Å². The fourth-order valence-electron chi connectivity index (χ4n) is 12.0. The highest BCUT2D eigenvalue weighted by Gasteiger charge is 2.35. The van der Waals surface area contributed by atoms with E-state index in [2.05, 4.69) is 278 Å². The minimum Gasteiger partial charge on any atom is -0.313 e. The second-order valence-corrected chi connectivity index (χ2v) is 18.9. The molecule has 1 atom stereocenters. The highest BCUT2D eigenvalue weighted by atomic mass is 15.2. The van der Waals surface area contributed by atoms with Gasteiger partial charge in [0.25, 0.3) is 0 Å². The lowest BCUT2D eigenvalue weighted by Gasteiger charge is -2.26. The molecule has 15 rings (SSSR count). The van der Waals surface area contributed by atoms with Crippen molar-refractivity contribution in [1.29, 1.82) is 0 Å². The Kier molecular flexibility index (Phi) is 8.72. The van der Waals surface area contributed by atoms with E-state index in [0.29, 0.717) is 5.92 Å². The first-order chi connectivity index (χ1) is 35.2. The van der Waals surface area contributed by atoms with E-state index in [4.69, 9.17) is 0 Å². The van der Waals surface area contributed by atoms with Crippen molar-refractivity contribution < 1.29 is 0 Å². The molecule has 0 N–H and O–H groups in total. The van der Waals surface area contributed by atoms with Gasteiger partial charge >= 0.3 is 0 Å². The van der Waals surface area contributed by atoms with Crippen molar-refractivity contribution >= 4 is 93.9 Å². The Morgan fingerprint density at radius 3 is 1.39 bits per heavy atom. The van der Waals surface area contributed by atoms with Crippen molar-refractivity contribution in [1.82, 2.24) is 13.7 Å². The quantitative estimate of drug-likeness (QED) is 0.159. The molecule has 5 nitrogen and oxygen atoms in total. The molecule has 2 aliphatic rings. The molecule has 4 heterocycles. The highest BCUT2D eigenvalue weighted by Crippen LogP contribution is 2.51. The number of aromatic nitrogens is 3. The normalized spacial score (nSPS) is 14.3. The van der Waals surface area contributed by atoms with Crippen LogP contribution in [0.15, 0.2) is 261 Å². The highest BCUT2D eigenvalue weighted by molar-refractivity contribution is 6.15. The Bertz CT molecular complexity index is 4270. The third-order valence-electron chi connectivity index (χ3n) is 15.1. The van der Waals surface area contributed by atoms with Crippen molar-refractivity contribution in [2.24, 2.45) is 0 Å². The summed E-state index contributed by atoms with van der Waals surface area (Å²) in [7, 11) is 0. The fourth-order valence-corrected chi connectivity index (χ4v) is 12.0. The fraction of sp³-hybridized carbons (Fsp3) is 0.0303. The molecular formula is C66H45N5. The van der Waals surface area contributed by atoms with Crippen molar-refractivity contribution in [3.63, 3.8) is 0 Å². The Labute approximate surface area is 410 Å². The summed E-state index contributed by atoms with van der Waals surface area (Å²) in [6, 6.07) is 86.9. The predicted molar refractivity (Wildman–Crippen MR) is 297 cm³/mol. The van der Waals surface area contributed by atoms with Crippen LogP contribution in [0.2, 0.25) is 0 Å². The molecule has 0 spiro atoms. The maximum Gasteiger partial charge on any atom is 0.0542 e. The van der Waals surface area contributed by atoms with Gasteiger partial charge in [-0.05, 0) is 145 Å². The van der Waals surface area contributed by atoms with Crippen molar-refractivity contribution in [3.8, 4) is 17.1 Å². The molecule has 0 amide bonds. The van der Waals surface area contributed by atoms with Gasteiger partial charge in [-0.2, -0.15) is 0 Å². The van der Waals surface area contributed by atoms with E-state index in [-0.39, 0.29) is 0 Å². The van der Waals surface area contributed by atoms with Crippen molar-refractivity contribution in [2.75, 3.05) is 9.80 Å². The van der Waals surface area contributed by atoms with E-state index < -0.39 is 0 Å². The van der Waals surface area contributed by atoms with Crippen molar-refractivity contribution in [3.05, 3.63) is 266 Å². The molecule has 1 aliphatic carbocycles. The Morgan fingerprint density at radius 2 is 0.789 bits per heavy atom. The number of allylic oxidation sites excluding steroid dienone is 4. The molecule has 5 heteroatoms. The van der Waals surface area contributed by atoms with Crippen LogP contribution in [0, 0.1) is 0 Å². The van der Waals surface area contributed by atoms with Gasteiger partial charge in [-0.3, -0.25) is 0 Å². The van der Waals surface area contributed by atoms with E-state index in [1.165, 1.54) is 77.0 Å². The topological polar surface area (TPSA) is 21.3 Å². The third kappa shape index (κ3) is 6.00. The number of fused-ring (bicyclic) bond motifs is 12. The van der Waals surface area contributed by atoms with Crippen LogP contribution in [0.5, 0.6) is 0 Å². The molecule has 1 unspecified atom stereocenters. The van der Waals surface area contributed by atoms with E-state index in [1.807, 2.05) is 0 Å². The monoisotopic (exact) mass is 907 g/mol. The molecule has 0 fully saturated rings. The van der Waals surface area contributed by atoms with Gasteiger partial charge in [-0.1, -0.05) is 121 Å². The minimum absolute atomic E-state index is 0.350. The molecule has 3 aromatic heterocycles. The molecule has 1 aliphatic heterocycles. The van der Waals surface area contributed by atoms with Gasteiger partial charge < -0.3 is 23.5 Å². The number of benzene rings is 10. The predicted octanol–water partition coefficient (Wildman–Crippen LogP) is 17.5. The summed E-state index contributed by atoms with van der Waals surface area (Å²) in [4.78, 5) is 4.92. The van der Waals surface area contributed by atoms with E-state index in [0.717, 1.165) is 51.6 Å². The van der Waals surface area contributed by atoms with E-state index in [9.17, 15) is 0 Å². The number of rotatable bonds is 7. The van der Waals surface area contributed by atoms with Gasteiger partial charge in [0, 0.05) is 89.4 Å². The van der Waals surface area contributed by atoms with Gasteiger partial charge in [0.15, 0.2) is 0 Å². The van der Waals surface area contributed by atoms with Crippen LogP contribution in [0.25, 0.3) is 82.5 Å². The molecule has 0 saturated heterocycles. The summed E-state index contributed by atoms with van der Waals surface area (Å²) >= 11 is 0. The van der Waals surface area contributed by atoms with E-state index >= 15 is 0 Å². The molecule has 13 aromatic rings. The lowest BCUT2D eigenvalue weighted by molar-refractivity contribution is 0.820. The summed E-state index contributed by atoms with van der Waals surface area (Å²) in [6.45, 7) is 0. The average molecular weight is 908 g/mol. The molecule has 334 valence electrons. The van der Waals surface area contributed by atoms with Crippen LogP contribution in [0.3, 0.4) is 0 Å².